The summed E-state index contributed by atoms with van der Waals surface area (Å²) in [4.78, 5) is 0. The van der Waals surface area contributed by atoms with Crippen LogP contribution in [0.25, 0.3) is 0 Å². The van der Waals surface area contributed by atoms with E-state index in [0.29, 0.717) is 0 Å². The molecule has 0 heterocycles. The van der Waals surface area contributed by atoms with Gasteiger partial charge in [-0.15, -0.1) is 0 Å². The first kappa shape index (κ1) is 28.5. The maximum Gasteiger partial charge on any atom is 1.00 e. The summed E-state index contributed by atoms with van der Waals surface area (Å²) in [6.45, 7) is 0. The molecule has 0 saturated carbocycles. The molecule has 1 atom stereocenters. The topological polar surface area (TPSA) is 257 Å². The van der Waals surface area contributed by atoms with Crippen molar-refractivity contribution in [3.8, 4) is 0 Å². The molecule has 114 valence electrons. The van der Waals surface area contributed by atoms with Crippen LogP contribution in [0.15, 0.2) is 0 Å². The van der Waals surface area contributed by atoms with Crippen LogP contribution in [0.2, 0.25) is 0 Å². The van der Waals surface area contributed by atoms with E-state index in [9.17, 15) is 34.0 Å². The minimum atomic E-state index is -5.02. The molecule has 0 aromatic heterocycles. The van der Waals surface area contributed by atoms with E-state index in [2.05, 4.69) is 8.67 Å². The third kappa shape index (κ3) is 28.3. The van der Waals surface area contributed by atoms with Crippen LogP contribution in [0.1, 0.15) is 0 Å². The van der Waals surface area contributed by atoms with Crippen LogP contribution in [-0.2, 0) is 48.7 Å². The Labute approximate surface area is 152 Å². The molecular formula is H6KNO13S4. The monoisotopic (exact) mass is 395 g/mol. The Balaban J connectivity index is -0.000000112. The molecule has 0 aliphatic heterocycles. The SMILES string of the molecule is N.O=S(=O)(O)OOS(=O)(=O)O.O=S(O)S(=O)(=O)[O-].[K+]. The molecular weight excluding hydrogens is 389 g/mol. The molecule has 0 saturated heterocycles. The van der Waals surface area contributed by atoms with Crippen molar-refractivity contribution in [1.29, 1.82) is 0 Å². The zero-order chi connectivity index (χ0) is 14.5. The normalized spacial score (nSPS) is 13.1. The Hall–Kier alpha value is 1.36. The predicted octanol–water partition coefficient (Wildman–Crippen LogP) is -5.63. The molecule has 0 aliphatic rings. The molecule has 0 bridgehead atoms. The van der Waals surface area contributed by atoms with Crippen LogP contribution in [0.3, 0.4) is 0 Å². The van der Waals surface area contributed by atoms with Crippen LogP contribution in [-0.4, -0.2) is 47.7 Å². The Kier molecular flexibility index (Phi) is 16.5. The summed E-state index contributed by atoms with van der Waals surface area (Å²) >= 11 is 0. The van der Waals surface area contributed by atoms with Gasteiger partial charge in [-0.1, -0.05) is 8.67 Å². The molecule has 1 unspecified atom stereocenters. The van der Waals surface area contributed by atoms with Crippen molar-refractivity contribution < 1.29 is 108 Å². The van der Waals surface area contributed by atoms with E-state index in [4.69, 9.17) is 13.7 Å². The average molecular weight is 395 g/mol. The van der Waals surface area contributed by atoms with E-state index in [1.54, 1.807) is 0 Å². The van der Waals surface area contributed by atoms with Crippen LogP contribution < -0.4 is 57.5 Å². The van der Waals surface area contributed by atoms with Gasteiger partial charge in [-0.2, -0.15) is 16.8 Å². The fourth-order valence-corrected chi connectivity index (χ4v) is 0.632. The summed E-state index contributed by atoms with van der Waals surface area (Å²) < 4.78 is 103. The maximum atomic E-state index is 9.51. The zero-order valence-corrected chi connectivity index (χ0v) is 15.2. The first-order valence-corrected chi connectivity index (χ1v) is 8.31. The average Bonchev–Trinajstić information content (AvgIpc) is 1.97. The number of rotatable bonds is 4. The summed E-state index contributed by atoms with van der Waals surface area (Å²) in [6, 6.07) is 0. The van der Waals surface area contributed by atoms with Crippen molar-refractivity contribution in [2.75, 3.05) is 0 Å². The summed E-state index contributed by atoms with van der Waals surface area (Å²) in [5, 5.41) is 0. The maximum absolute atomic E-state index is 9.51. The van der Waals surface area contributed by atoms with Crippen molar-refractivity contribution in [3.63, 3.8) is 0 Å². The standard InChI is InChI=1S/K.H3N.H2O8S2.H2O5S2/c;;1-9(2,3)7-8-10(4,5)6;1-6(2)7(3,4)5/h;1H3;(H,1,2,3)(H,4,5,6);(H,1,2)(H,3,4,5)/q+1;;;/p-1. The number of hydrogen-bond donors (Lipinski definition) is 4. The molecule has 0 fully saturated rings. The van der Waals surface area contributed by atoms with Crippen LogP contribution >= 0.6 is 0 Å². The predicted molar refractivity (Wildman–Crippen MR) is 50.8 cm³/mol. The minimum absolute atomic E-state index is 0. The Morgan fingerprint density at radius 1 is 0.895 bits per heavy atom. The summed E-state index contributed by atoms with van der Waals surface area (Å²) in [5.74, 6) is 0. The second kappa shape index (κ2) is 11.0. The van der Waals surface area contributed by atoms with Gasteiger partial charge in [0.2, 0.25) is 9.15 Å². The van der Waals surface area contributed by atoms with E-state index in [0.717, 1.165) is 0 Å². The number of hydrogen-bond acceptors (Lipinski definition) is 11. The second-order valence-electron chi connectivity index (χ2n) is 1.62. The first-order chi connectivity index (χ1) is 7.15. The molecule has 0 aromatic rings. The van der Waals surface area contributed by atoms with Crippen molar-refractivity contribution in [2.24, 2.45) is 0 Å². The van der Waals surface area contributed by atoms with Gasteiger partial charge < -0.3 is 10.7 Å². The van der Waals surface area contributed by atoms with Crippen LogP contribution in [0.4, 0.5) is 0 Å². The fourth-order valence-electron chi connectivity index (χ4n) is 0.0702. The van der Waals surface area contributed by atoms with Crippen molar-refractivity contribution in [1.82, 2.24) is 6.15 Å². The van der Waals surface area contributed by atoms with E-state index < -0.39 is 40.1 Å². The van der Waals surface area contributed by atoms with Gasteiger partial charge in [0.1, 0.15) is 0 Å². The summed E-state index contributed by atoms with van der Waals surface area (Å²) in [6.07, 6.45) is 0. The van der Waals surface area contributed by atoms with E-state index in [1.807, 2.05) is 0 Å². The van der Waals surface area contributed by atoms with E-state index >= 15 is 0 Å². The smallest absolute Gasteiger partial charge is 0.736 e. The molecule has 0 radical (unpaired) electrons. The minimum Gasteiger partial charge on any atom is -0.736 e. The molecule has 0 spiro atoms. The van der Waals surface area contributed by atoms with Crippen LogP contribution in [0.5, 0.6) is 0 Å². The molecule has 6 N–H and O–H groups in total. The van der Waals surface area contributed by atoms with Gasteiger partial charge in [0, 0.05) is 0 Å². The van der Waals surface area contributed by atoms with Gasteiger partial charge in [0.05, 0.1) is 0 Å². The van der Waals surface area contributed by atoms with Gasteiger partial charge in [0.25, 0.3) is 10.1 Å². The molecule has 0 amide bonds. The molecule has 0 aliphatic carbocycles. The Bertz CT molecular complexity index is 518. The third-order valence-electron chi connectivity index (χ3n) is 0.374. The third-order valence-corrected chi connectivity index (χ3v) is 2.34. The van der Waals surface area contributed by atoms with Crippen molar-refractivity contribution >= 4 is 40.1 Å². The molecule has 19 heteroatoms. The summed E-state index contributed by atoms with van der Waals surface area (Å²) in [5.41, 5.74) is 0. The fraction of sp³-hybridized carbons (Fsp3) is 0. The van der Waals surface area contributed by atoms with Gasteiger partial charge in [0.15, 0.2) is 0 Å². The molecule has 19 heavy (non-hydrogen) atoms. The second-order valence-corrected chi connectivity index (χ2v) is 6.93. The Morgan fingerprint density at radius 3 is 1.11 bits per heavy atom. The molecule has 0 rings (SSSR count). The van der Waals surface area contributed by atoms with Crippen molar-refractivity contribution in [2.45, 2.75) is 0 Å². The van der Waals surface area contributed by atoms with Gasteiger partial charge in [-0.3, -0.25) is 13.7 Å². The summed E-state index contributed by atoms with van der Waals surface area (Å²) in [7, 11) is -18.3. The van der Waals surface area contributed by atoms with Crippen molar-refractivity contribution in [3.05, 3.63) is 0 Å². The van der Waals surface area contributed by atoms with Crippen LogP contribution in [0, 0.1) is 0 Å². The molecule has 0 aromatic carbocycles. The van der Waals surface area contributed by atoms with Gasteiger partial charge in [-0.25, -0.2) is 12.6 Å². The Morgan fingerprint density at radius 2 is 1.05 bits per heavy atom. The van der Waals surface area contributed by atoms with E-state index in [-0.39, 0.29) is 57.5 Å². The van der Waals surface area contributed by atoms with E-state index in [1.165, 1.54) is 0 Å². The first-order valence-electron chi connectivity index (χ1n) is 2.55. The van der Waals surface area contributed by atoms with Gasteiger partial charge in [-0.05, 0) is 0 Å². The largest absolute Gasteiger partial charge is 1.00 e. The zero-order valence-electron chi connectivity index (χ0n) is 8.76. The van der Waals surface area contributed by atoms with Gasteiger partial charge >= 0.3 is 72.2 Å². The quantitative estimate of drug-likeness (QED) is 0.0863. The molecule has 14 nitrogen and oxygen atoms in total.